The maximum Gasteiger partial charge on any atom is 0.421 e. The molecule has 0 bridgehead atoms. The molecular weight excluding hydrogens is 501 g/mol. The summed E-state index contributed by atoms with van der Waals surface area (Å²) in [7, 11) is -3.96. The molecule has 1 unspecified atom stereocenters. The number of amides is 1. The van der Waals surface area contributed by atoms with Crippen LogP contribution in [0.5, 0.6) is 0 Å². The first-order chi connectivity index (χ1) is 16.8. The maximum atomic E-state index is 13.7. The lowest BCUT2D eigenvalue weighted by Gasteiger charge is -2.32. The zero-order valence-electron chi connectivity index (χ0n) is 19.7. The number of nitrogens with zero attached hydrogens (tertiary/aromatic N) is 3. The first-order valence-electron chi connectivity index (χ1n) is 11.0. The molecule has 0 aliphatic carbocycles. The number of aryl methyl sites for hydroxylation is 1. The molecule has 0 saturated carbocycles. The largest absolute Gasteiger partial charge is 0.421 e. The van der Waals surface area contributed by atoms with Gasteiger partial charge in [-0.25, -0.2) is 13.4 Å². The minimum atomic E-state index is -4.79. The van der Waals surface area contributed by atoms with Gasteiger partial charge in [-0.3, -0.25) is 9.52 Å². The number of halogens is 3. The first-order valence-corrected chi connectivity index (χ1v) is 12.4. The Labute approximate surface area is 206 Å². The number of benzene rings is 1. The molecule has 1 fully saturated rings. The Hall–Kier alpha value is -3.39. The molecule has 196 valence electrons. The number of hydrogen-bond acceptors (Lipinski definition) is 8. The Morgan fingerprint density at radius 1 is 1.31 bits per heavy atom. The standard InChI is InChI=1S/C22H27F3N6O4S/c1-13(2)36(34,35)30-18-9-14(3)6-7-17(18)28-20-16(22(23,24)25)10-26-21(29-20)27-15-5-4-8-31(11-15)19(33)12-32/h6-7,9-10,15,30,32H,1,4-5,8,11-12H2,2-3H3,(H2,26,27,28,29). The van der Waals surface area contributed by atoms with Crippen molar-refractivity contribution in [3.63, 3.8) is 0 Å². The highest BCUT2D eigenvalue weighted by molar-refractivity contribution is 7.96. The average Bonchev–Trinajstić information content (AvgIpc) is 2.79. The van der Waals surface area contributed by atoms with E-state index in [2.05, 4.69) is 31.9 Å². The predicted molar refractivity (Wildman–Crippen MR) is 129 cm³/mol. The number of anilines is 4. The van der Waals surface area contributed by atoms with Gasteiger partial charge in [0, 0.05) is 25.3 Å². The number of allylic oxidation sites excluding steroid dienone is 1. The van der Waals surface area contributed by atoms with E-state index < -0.39 is 40.1 Å². The van der Waals surface area contributed by atoms with E-state index in [1.807, 2.05) is 0 Å². The van der Waals surface area contributed by atoms with Gasteiger partial charge in [-0.2, -0.15) is 18.2 Å². The molecular formula is C22H27F3N6O4S. The van der Waals surface area contributed by atoms with Gasteiger partial charge in [-0.15, -0.1) is 0 Å². The van der Waals surface area contributed by atoms with Gasteiger partial charge >= 0.3 is 6.18 Å². The Kier molecular flexibility index (Phi) is 8.09. The smallest absolute Gasteiger partial charge is 0.387 e. The van der Waals surface area contributed by atoms with Gasteiger partial charge in [0.15, 0.2) is 0 Å². The number of aliphatic hydroxyl groups is 1. The van der Waals surface area contributed by atoms with Gasteiger partial charge in [0.1, 0.15) is 18.0 Å². The van der Waals surface area contributed by atoms with Crippen molar-refractivity contribution in [2.75, 3.05) is 35.1 Å². The lowest BCUT2D eigenvalue weighted by molar-refractivity contribution is -0.137. The highest BCUT2D eigenvalue weighted by Crippen LogP contribution is 2.37. The predicted octanol–water partition coefficient (Wildman–Crippen LogP) is 3.22. The van der Waals surface area contributed by atoms with E-state index in [1.54, 1.807) is 13.0 Å². The summed E-state index contributed by atoms with van der Waals surface area (Å²) in [5.74, 6) is -1.13. The fourth-order valence-corrected chi connectivity index (χ4v) is 4.20. The molecule has 36 heavy (non-hydrogen) atoms. The normalized spacial score (nSPS) is 16.4. The number of alkyl halides is 3. The summed E-state index contributed by atoms with van der Waals surface area (Å²) in [4.78, 5) is 20.9. The van der Waals surface area contributed by atoms with Crippen molar-refractivity contribution in [1.29, 1.82) is 0 Å². The Bertz CT molecular complexity index is 1250. The van der Waals surface area contributed by atoms with Crippen LogP contribution in [0.2, 0.25) is 0 Å². The molecule has 0 radical (unpaired) electrons. The number of aromatic nitrogens is 2. The zero-order valence-corrected chi connectivity index (χ0v) is 20.5. The van der Waals surface area contributed by atoms with Crippen LogP contribution in [0.3, 0.4) is 0 Å². The molecule has 1 aliphatic heterocycles. The van der Waals surface area contributed by atoms with Crippen LogP contribution >= 0.6 is 0 Å². The second kappa shape index (κ2) is 10.7. The molecule has 10 nitrogen and oxygen atoms in total. The molecule has 2 heterocycles. The van der Waals surface area contributed by atoms with Crippen LogP contribution < -0.4 is 15.4 Å². The highest BCUT2D eigenvalue weighted by atomic mass is 32.2. The first kappa shape index (κ1) is 27.2. The number of hydrogen-bond donors (Lipinski definition) is 4. The molecule has 4 N–H and O–H groups in total. The van der Waals surface area contributed by atoms with E-state index in [0.29, 0.717) is 31.1 Å². The summed E-state index contributed by atoms with van der Waals surface area (Å²) >= 11 is 0. The minimum absolute atomic E-state index is 0.0182. The molecule has 1 aromatic carbocycles. The van der Waals surface area contributed by atoms with Gasteiger partial charge in [0.2, 0.25) is 11.9 Å². The number of sulfonamides is 1. The number of carbonyl (C=O) groups excluding carboxylic acids is 1. The van der Waals surface area contributed by atoms with Crippen LogP contribution in [0, 0.1) is 6.92 Å². The molecule has 2 aromatic rings. The molecule has 1 amide bonds. The summed E-state index contributed by atoms with van der Waals surface area (Å²) < 4.78 is 68.1. The molecule has 3 rings (SSSR count). The lowest BCUT2D eigenvalue weighted by Crippen LogP contribution is -2.46. The van der Waals surface area contributed by atoms with Gasteiger partial charge in [-0.05, 0) is 44.4 Å². The fourth-order valence-electron chi connectivity index (χ4n) is 3.57. The number of rotatable bonds is 8. The van der Waals surface area contributed by atoms with Crippen LogP contribution in [-0.4, -0.2) is 60.0 Å². The number of piperidine rings is 1. The molecule has 1 atom stereocenters. The van der Waals surface area contributed by atoms with E-state index in [0.717, 1.165) is 0 Å². The maximum absolute atomic E-state index is 13.7. The molecule has 1 saturated heterocycles. The van der Waals surface area contributed by atoms with Crippen molar-refractivity contribution in [3.05, 3.63) is 47.0 Å². The number of aliphatic hydroxyl groups excluding tert-OH is 1. The lowest BCUT2D eigenvalue weighted by atomic mass is 10.1. The SMILES string of the molecule is C=C(C)S(=O)(=O)Nc1cc(C)ccc1Nc1nc(NC2CCCN(C(=O)CO)C2)ncc1C(F)(F)F. The molecule has 0 spiro atoms. The van der Waals surface area contributed by atoms with E-state index in [-0.39, 0.29) is 34.8 Å². The summed E-state index contributed by atoms with van der Waals surface area (Å²) in [5, 5.41) is 14.6. The van der Waals surface area contributed by atoms with Crippen molar-refractivity contribution in [2.24, 2.45) is 0 Å². The Morgan fingerprint density at radius 3 is 2.67 bits per heavy atom. The number of likely N-dealkylation sites (tertiary alicyclic amines) is 1. The topological polar surface area (TPSA) is 137 Å². The minimum Gasteiger partial charge on any atom is -0.387 e. The van der Waals surface area contributed by atoms with Gasteiger partial charge in [0.25, 0.3) is 10.0 Å². The van der Waals surface area contributed by atoms with Gasteiger partial charge in [0.05, 0.1) is 16.3 Å². The van der Waals surface area contributed by atoms with Crippen LogP contribution in [0.15, 0.2) is 35.9 Å². The van der Waals surface area contributed by atoms with Crippen molar-refractivity contribution >= 4 is 39.1 Å². The summed E-state index contributed by atoms with van der Waals surface area (Å²) in [6.07, 6.45) is -2.92. The van der Waals surface area contributed by atoms with E-state index >= 15 is 0 Å². The molecule has 14 heteroatoms. The van der Waals surface area contributed by atoms with Crippen LogP contribution in [0.4, 0.5) is 36.3 Å². The highest BCUT2D eigenvalue weighted by Gasteiger charge is 2.36. The molecule has 1 aromatic heterocycles. The van der Waals surface area contributed by atoms with Gasteiger partial charge < -0.3 is 20.6 Å². The van der Waals surface area contributed by atoms with Gasteiger partial charge in [-0.1, -0.05) is 12.6 Å². The second-order valence-corrected chi connectivity index (χ2v) is 10.3. The van der Waals surface area contributed by atoms with Crippen molar-refractivity contribution in [2.45, 2.75) is 38.9 Å². The second-order valence-electron chi connectivity index (χ2n) is 8.42. The third-order valence-electron chi connectivity index (χ3n) is 5.47. The Balaban J connectivity index is 1.93. The van der Waals surface area contributed by atoms with Crippen LogP contribution in [0.25, 0.3) is 0 Å². The van der Waals surface area contributed by atoms with E-state index in [9.17, 15) is 26.4 Å². The summed E-state index contributed by atoms with van der Waals surface area (Å²) in [5.41, 5.74) is -0.425. The third kappa shape index (κ3) is 6.63. The van der Waals surface area contributed by atoms with Crippen LogP contribution in [0.1, 0.15) is 30.9 Å². The number of carbonyl (C=O) groups is 1. The van der Waals surface area contributed by atoms with Crippen molar-refractivity contribution in [1.82, 2.24) is 14.9 Å². The van der Waals surface area contributed by atoms with Crippen LogP contribution in [-0.2, 0) is 21.0 Å². The number of nitrogens with one attached hydrogen (secondary N) is 3. The quantitative estimate of drug-likeness (QED) is 0.410. The zero-order chi connectivity index (χ0) is 26.7. The average molecular weight is 529 g/mol. The van der Waals surface area contributed by atoms with Crippen molar-refractivity contribution in [3.8, 4) is 0 Å². The third-order valence-corrected chi connectivity index (χ3v) is 6.87. The van der Waals surface area contributed by atoms with E-state index in [1.165, 1.54) is 24.0 Å². The summed E-state index contributed by atoms with van der Waals surface area (Å²) in [6.45, 7) is 6.46. The monoisotopic (exact) mass is 528 g/mol. The summed E-state index contributed by atoms with van der Waals surface area (Å²) in [6, 6.07) is 4.16. The van der Waals surface area contributed by atoms with Crippen molar-refractivity contribution < 1.29 is 31.5 Å². The molecule has 1 aliphatic rings. The van der Waals surface area contributed by atoms with E-state index in [4.69, 9.17) is 5.11 Å². The Morgan fingerprint density at radius 2 is 2.03 bits per heavy atom. The fraction of sp³-hybridized carbons (Fsp3) is 0.409.